The summed E-state index contributed by atoms with van der Waals surface area (Å²) >= 11 is 0. The zero-order chi connectivity index (χ0) is 21.3. The van der Waals surface area contributed by atoms with E-state index < -0.39 is 0 Å². The fourth-order valence-corrected chi connectivity index (χ4v) is 3.39. The maximum absolute atomic E-state index is 12.6. The molecule has 170 valence electrons. The highest BCUT2D eigenvalue weighted by molar-refractivity contribution is 14.0. The average Bonchev–Trinajstić information content (AvgIpc) is 3.10. The highest BCUT2D eigenvalue weighted by atomic mass is 127. The molecule has 3 rings (SSSR count). The van der Waals surface area contributed by atoms with Crippen molar-refractivity contribution in [3.8, 4) is 0 Å². The van der Waals surface area contributed by atoms with Crippen molar-refractivity contribution >= 4 is 41.5 Å². The number of para-hydroxylation sites is 1. The van der Waals surface area contributed by atoms with Crippen LogP contribution in [0, 0.1) is 13.8 Å². The van der Waals surface area contributed by atoms with E-state index in [4.69, 9.17) is 4.42 Å². The first kappa shape index (κ1) is 25.0. The number of nitrogens with one attached hydrogen (secondary N) is 2. The summed E-state index contributed by atoms with van der Waals surface area (Å²) in [5.41, 5.74) is 2.10. The molecule has 0 aliphatic carbocycles. The molecular weight excluding hydrogens is 507 g/mol. The highest BCUT2D eigenvalue weighted by Crippen LogP contribution is 2.15. The number of carbonyl (C=O) groups is 1. The summed E-state index contributed by atoms with van der Waals surface area (Å²) in [5, 5.41) is 6.42. The summed E-state index contributed by atoms with van der Waals surface area (Å²) < 4.78 is 5.57. The van der Waals surface area contributed by atoms with E-state index in [1.165, 1.54) is 5.69 Å². The van der Waals surface area contributed by atoms with E-state index in [1.807, 2.05) is 43.9 Å². The Kier molecular flexibility index (Phi) is 10.1. The smallest absolute Gasteiger partial charge is 0.224 e. The zero-order valence-electron chi connectivity index (χ0n) is 18.6. The molecule has 9 heteroatoms. The fraction of sp³-hybridized carbons (Fsp3) is 0.500. The Morgan fingerprint density at radius 1 is 1.13 bits per heavy atom. The van der Waals surface area contributed by atoms with Crippen LogP contribution in [-0.4, -0.2) is 61.0 Å². The molecule has 2 aromatic rings. The normalized spacial score (nSPS) is 14.2. The van der Waals surface area contributed by atoms with Gasteiger partial charge in [-0.25, -0.2) is 9.98 Å². The first-order chi connectivity index (χ1) is 14.6. The molecule has 0 saturated carbocycles. The summed E-state index contributed by atoms with van der Waals surface area (Å²) in [6.07, 6.45) is 0.437. The number of anilines is 1. The van der Waals surface area contributed by atoms with E-state index >= 15 is 0 Å². The van der Waals surface area contributed by atoms with Gasteiger partial charge in [0.05, 0.1) is 5.69 Å². The molecule has 1 fully saturated rings. The predicted molar refractivity (Wildman–Crippen MR) is 134 cm³/mol. The number of piperazine rings is 1. The fourth-order valence-electron chi connectivity index (χ4n) is 3.39. The summed E-state index contributed by atoms with van der Waals surface area (Å²) in [4.78, 5) is 25.7. The minimum absolute atomic E-state index is 0. The lowest BCUT2D eigenvalue weighted by Crippen LogP contribution is -2.49. The summed E-state index contributed by atoms with van der Waals surface area (Å²) in [7, 11) is 0. The maximum Gasteiger partial charge on any atom is 0.224 e. The highest BCUT2D eigenvalue weighted by Gasteiger charge is 2.20. The van der Waals surface area contributed by atoms with Gasteiger partial charge in [-0.2, -0.15) is 0 Å². The third-order valence-corrected chi connectivity index (χ3v) is 5.17. The van der Waals surface area contributed by atoms with Gasteiger partial charge >= 0.3 is 0 Å². The molecule has 8 nitrogen and oxygen atoms in total. The van der Waals surface area contributed by atoms with E-state index in [9.17, 15) is 4.79 Å². The molecule has 31 heavy (non-hydrogen) atoms. The number of nitrogens with zero attached hydrogens (tertiary/aromatic N) is 4. The summed E-state index contributed by atoms with van der Waals surface area (Å²) in [6.45, 7) is 10.7. The van der Waals surface area contributed by atoms with Crippen molar-refractivity contribution in [3.05, 3.63) is 47.7 Å². The summed E-state index contributed by atoms with van der Waals surface area (Å²) in [6, 6.07) is 10.3. The van der Waals surface area contributed by atoms with Gasteiger partial charge in [-0.3, -0.25) is 4.79 Å². The standard InChI is InChI=1S/C22H32N6O2.HI/c1-4-23-22(25-16-20-26-17(2)18(3)30-20)24-11-10-21(29)28-14-12-27(13-15-28)19-8-6-5-7-9-19;/h5-9H,4,10-16H2,1-3H3,(H2,23,24,25);1H. The SMILES string of the molecule is CCNC(=NCc1nc(C)c(C)o1)NCCC(=O)N1CCN(c2ccccc2)CC1.I. The van der Waals surface area contributed by atoms with Gasteiger partial charge in [0.2, 0.25) is 11.8 Å². The largest absolute Gasteiger partial charge is 0.444 e. The second-order valence-corrected chi connectivity index (χ2v) is 7.32. The maximum atomic E-state index is 12.6. The number of oxazole rings is 1. The average molecular weight is 540 g/mol. The van der Waals surface area contributed by atoms with Crippen LogP contribution in [0.4, 0.5) is 5.69 Å². The van der Waals surface area contributed by atoms with Crippen LogP contribution in [0.5, 0.6) is 0 Å². The lowest BCUT2D eigenvalue weighted by atomic mass is 10.2. The summed E-state index contributed by atoms with van der Waals surface area (Å²) in [5.74, 6) is 2.24. The Labute approximate surface area is 201 Å². The van der Waals surface area contributed by atoms with Crippen LogP contribution < -0.4 is 15.5 Å². The Bertz CT molecular complexity index is 827. The Morgan fingerprint density at radius 3 is 2.45 bits per heavy atom. The zero-order valence-corrected chi connectivity index (χ0v) is 20.9. The van der Waals surface area contributed by atoms with Crippen LogP contribution in [0.25, 0.3) is 0 Å². The van der Waals surface area contributed by atoms with Gasteiger partial charge in [-0.15, -0.1) is 24.0 Å². The van der Waals surface area contributed by atoms with Crippen LogP contribution >= 0.6 is 24.0 Å². The van der Waals surface area contributed by atoms with Crippen LogP contribution in [0.1, 0.15) is 30.7 Å². The van der Waals surface area contributed by atoms with Gasteiger partial charge in [0.25, 0.3) is 0 Å². The molecule has 1 aromatic heterocycles. The van der Waals surface area contributed by atoms with Gasteiger partial charge < -0.3 is 24.9 Å². The minimum atomic E-state index is 0. The number of aliphatic imine (C=N–C) groups is 1. The molecule has 1 aliphatic rings. The van der Waals surface area contributed by atoms with Gasteiger partial charge in [-0.1, -0.05) is 18.2 Å². The second kappa shape index (κ2) is 12.5. The van der Waals surface area contributed by atoms with E-state index in [2.05, 4.69) is 37.6 Å². The molecule has 0 spiro atoms. The number of amides is 1. The molecule has 1 saturated heterocycles. The third-order valence-electron chi connectivity index (χ3n) is 5.17. The van der Waals surface area contributed by atoms with Gasteiger partial charge in [0, 0.05) is 51.4 Å². The first-order valence-electron chi connectivity index (χ1n) is 10.6. The van der Waals surface area contributed by atoms with Crippen molar-refractivity contribution in [1.82, 2.24) is 20.5 Å². The monoisotopic (exact) mass is 540 g/mol. The number of aromatic nitrogens is 1. The van der Waals surface area contributed by atoms with Gasteiger partial charge in [0.1, 0.15) is 12.3 Å². The number of guanidine groups is 1. The molecule has 0 atom stereocenters. The number of rotatable bonds is 7. The molecule has 2 heterocycles. The lowest BCUT2D eigenvalue weighted by molar-refractivity contribution is -0.131. The van der Waals surface area contributed by atoms with E-state index in [0.29, 0.717) is 31.4 Å². The number of halogens is 1. The molecular formula is C22H33IN6O2. The van der Waals surface area contributed by atoms with Crippen molar-refractivity contribution in [2.24, 2.45) is 4.99 Å². The first-order valence-corrected chi connectivity index (χ1v) is 10.6. The topological polar surface area (TPSA) is 86.0 Å². The van der Waals surface area contributed by atoms with Gasteiger partial charge in [0.15, 0.2) is 5.96 Å². The van der Waals surface area contributed by atoms with Crippen LogP contribution in [0.15, 0.2) is 39.7 Å². The Hall–Kier alpha value is -2.30. The van der Waals surface area contributed by atoms with Crippen LogP contribution in [-0.2, 0) is 11.3 Å². The molecule has 1 amide bonds. The molecule has 1 aliphatic heterocycles. The third kappa shape index (κ3) is 7.41. The quantitative estimate of drug-likeness (QED) is 0.319. The van der Waals surface area contributed by atoms with E-state index in [1.54, 1.807) is 0 Å². The lowest BCUT2D eigenvalue weighted by Gasteiger charge is -2.36. The number of benzene rings is 1. The Morgan fingerprint density at radius 2 is 1.84 bits per heavy atom. The van der Waals surface area contributed by atoms with E-state index in [0.717, 1.165) is 44.2 Å². The van der Waals surface area contributed by atoms with Crippen molar-refractivity contribution in [2.75, 3.05) is 44.2 Å². The van der Waals surface area contributed by atoms with Crippen molar-refractivity contribution < 1.29 is 9.21 Å². The molecule has 0 radical (unpaired) electrons. The number of aryl methyl sites for hydroxylation is 2. The Balaban J connectivity index is 0.00000341. The predicted octanol–water partition coefficient (Wildman–Crippen LogP) is 2.70. The number of hydrogen-bond donors (Lipinski definition) is 2. The van der Waals surface area contributed by atoms with Crippen LogP contribution in [0.3, 0.4) is 0 Å². The number of carbonyl (C=O) groups excluding carboxylic acids is 1. The van der Waals surface area contributed by atoms with Crippen molar-refractivity contribution in [2.45, 2.75) is 33.7 Å². The molecule has 0 unspecified atom stereocenters. The number of hydrogen-bond acceptors (Lipinski definition) is 5. The van der Waals surface area contributed by atoms with Crippen LogP contribution in [0.2, 0.25) is 0 Å². The second-order valence-electron chi connectivity index (χ2n) is 7.32. The minimum Gasteiger partial charge on any atom is -0.444 e. The molecule has 0 bridgehead atoms. The van der Waals surface area contributed by atoms with Crippen molar-refractivity contribution in [3.63, 3.8) is 0 Å². The molecule has 1 aromatic carbocycles. The van der Waals surface area contributed by atoms with Crippen molar-refractivity contribution in [1.29, 1.82) is 0 Å². The van der Waals surface area contributed by atoms with E-state index in [-0.39, 0.29) is 29.9 Å². The van der Waals surface area contributed by atoms with Gasteiger partial charge in [-0.05, 0) is 32.9 Å². The molecule has 2 N–H and O–H groups in total.